The van der Waals surface area contributed by atoms with Crippen molar-refractivity contribution in [2.75, 3.05) is 19.8 Å². The lowest BCUT2D eigenvalue weighted by Gasteiger charge is -2.46. The van der Waals surface area contributed by atoms with Gasteiger partial charge in [0.1, 0.15) is 48.8 Å². The molecule has 2 heterocycles. The van der Waals surface area contributed by atoms with Crippen LogP contribution in [0.3, 0.4) is 0 Å². The largest absolute Gasteiger partial charge is 0.394 e. The van der Waals surface area contributed by atoms with Gasteiger partial charge in [-0.15, -0.1) is 0 Å². The molecular weight excluding hydrogens is 774 g/mol. The highest BCUT2D eigenvalue weighted by atomic mass is 16.7. The van der Waals surface area contributed by atoms with Gasteiger partial charge in [-0.25, -0.2) is 0 Å². The molecule has 2 aliphatic heterocycles. The van der Waals surface area contributed by atoms with Gasteiger partial charge in [-0.1, -0.05) is 154 Å². The first-order chi connectivity index (χ1) is 29.1. The first kappa shape index (κ1) is 54.6. The number of carbonyl (C=O) groups excluding carboxylic acids is 1. The smallest absolute Gasteiger partial charge is 0.220 e. The SMILES string of the molecule is CCCCCC/C=C/CC/C=C/C(O)C(COC1OC(CO)C(OC2OC(CO)C(O)C(O)C2O)C(O)C1O)NC(=O)CCCCCCCCCCCCCCCCCC. The molecule has 0 bridgehead atoms. The van der Waals surface area contributed by atoms with Crippen LogP contribution >= 0.6 is 0 Å². The van der Waals surface area contributed by atoms with E-state index in [9.17, 15) is 45.6 Å². The number of nitrogens with one attached hydrogen (secondary N) is 1. The second-order valence-electron chi connectivity index (χ2n) is 16.9. The van der Waals surface area contributed by atoms with Crippen LogP contribution in [0.4, 0.5) is 0 Å². The van der Waals surface area contributed by atoms with Crippen LogP contribution < -0.4 is 5.32 Å². The van der Waals surface area contributed by atoms with E-state index in [1.807, 2.05) is 6.08 Å². The molecule has 2 fully saturated rings. The molecule has 0 aromatic carbocycles. The first-order valence-electron chi connectivity index (χ1n) is 23.6. The Morgan fingerprint density at radius 3 is 1.63 bits per heavy atom. The third-order valence-corrected chi connectivity index (χ3v) is 11.6. The Morgan fingerprint density at radius 2 is 1.07 bits per heavy atom. The molecule has 0 aliphatic carbocycles. The van der Waals surface area contributed by atoms with Crippen molar-refractivity contribution in [1.29, 1.82) is 0 Å². The number of hydrogen-bond donors (Lipinski definition) is 9. The van der Waals surface area contributed by atoms with E-state index < -0.39 is 86.8 Å². The minimum absolute atomic E-state index is 0.251. The molecule has 2 rings (SSSR count). The fourth-order valence-corrected chi connectivity index (χ4v) is 7.72. The van der Waals surface area contributed by atoms with Crippen LogP contribution in [0.5, 0.6) is 0 Å². The topological polar surface area (TPSA) is 228 Å². The van der Waals surface area contributed by atoms with Crippen molar-refractivity contribution >= 4 is 5.91 Å². The van der Waals surface area contributed by atoms with Crippen LogP contribution in [0.2, 0.25) is 0 Å². The Hall–Kier alpha value is -1.53. The van der Waals surface area contributed by atoms with E-state index in [1.165, 1.54) is 103 Å². The second-order valence-corrected chi connectivity index (χ2v) is 16.9. The van der Waals surface area contributed by atoms with Crippen LogP contribution in [0.25, 0.3) is 0 Å². The van der Waals surface area contributed by atoms with Crippen molar-refractivity contribution in [2.24, 2.45) is 0 Å². The molecule has 2 saturated heterocycles. The zero-order chi connectivity index (χ0) is 44.0. The molecule has 0 spiro atoms. The molecule has 14 nitrogen and oxygen atoms in total. The minimum Gasteiger partial charge on any atom is -0.394 e. The predicted octanol–water partition coefficient (Wildman–Crippen LogP) is 4.99. The zero-order valence-electron chi connectivity index (χ0n) is 36.9. The third kappa shape index (κ3) is 21.7. The normalized spacial score (nSPS) is 28.4. The van der Waals surface area contributed by atoms with Gasteiger partial charge in [-0.2, -0.15) is 0 Å². The Bertz CT molecular complexity index is 1110. The molecule has 12 atom stereocenters. The summed E-state index contributed by atoms with van der Waals surface area (Å²) >= 11 is 0. The molecule has 0 saturated carbocycles. The minimum atomic E-state index is -1.79. The van der Waals surface area contributed by atoms with E-state index in [0.717, 1.165) is 32.1 Å². The summed E-state index contributed by atoms with van der Waals surface area (Å²) in [4.78, 5) is 13.1. The van der Waals surface area contributed by atoms with E-state index in [2.05, 4.69) is 31.3 Å². The molecule has 1 amide bonds. The number of aliphatic hydroxyl groups is 8. The molecule has 14 heteroatoms. The van der Waals surface area contributed by atoms with Crippen LogP contribution in [0.1, 0.15) is 168 Å². The van der Waals surface area contributed by atoms with Crippen LogP contribution in [-0.2, 0) is 23.7 Å². The van der Waals surface area contributed by atoms with E-state index in [-0.39, 0.29) is 18.9 Å². The summed E-state index contributed by atoms with van der Waals surface area (Å²) in [6.45, 7) is 2.71. The van der Waals surface area contributed by atoms with Crippen LogP contribution in [-0.4, -0.2) is 140 Å². The molecule has 2 aliphatic rings. The Balaban J connectivity index is 1.87. The highest BCUT2D eigenvalue weighted by molar-refractivity contribution is 5.76. The Morgan fingerprint density at radius 1 is 0.583 bits per heavy atom. The number of hydrogen-bond acceptors (Lipinski definition) is 13. The monoisotopic (exact) mass is 860 g/mol. The molecule has 60 heavy (non-hydrogen) atoms. The highest BCUT2D eigenvalue weighted by Gasteiger charge is 2.50. The lowest BCUT2D eigenvalue weighted by atomic mass is 9.97. The Labute approximate surface area is 360 Å². The summed E-state index contributed by atoms with van der Waals surface area (Å²) in [7, 11) is 0. The van der Waals surface area contributed by atoms with Crippen LogP contribution in [0, 0.1) is 0 Å². The van der Waals surface area contributed by atoms with Crippen molar-refractivity contribution in [3.05, 3.63) is 24.3 Å². The summed E-state index contributed by atoms with van der Waals surface area (Å²) in [6, 6.07) is -0.924. The fourth-order valence-electron chi connectivity index (χ4n) is 7.72. The van der Waals surface area contributed by atoms with Crippen molar-refractivity contribution in [3.63, 3.8) is 0 Å². The fraction of sp³-hybridized carbons (Fsp3) is 0.891. The average Bonchev–Trinajstić information content (AvgIpc) is 3.24. The predicted molar refractivity (Wildman–Crippen MR) is 231 cm³/mol. The van der Waals surface area contributed by atoms with Gasteiger partial charge in [0, 0.05) is 6.42 Å². The maximum absolute atomic E-state index is 13.1. The molecule has 0 radical (unpaired) electrons. The van der Waals surface area contributed by atoms with Crippen molar-refractivity contribution in [1.82, 2.24) is 5.32 Å². The molecule has 12 unspecified atom stereocenters. The number of ether oxygens (including phenoxy) is 4. The number of rotatable bonds is 35. The molecule has 9 N–H and O–H groups in total. The van der Waals surface area contributed by atoms with Crippen molar-refractivity contribution in [3.8, 4) is 0 Å². The lowest BCUT2D eigenvalue weighted by Crippen LogP contribution is -2.65. The maximum atomic E-state index is 13.1. The van der Waals surface area contributed by atoms with Gasteiger partial charge in [0.2, 0.25) is 5.91 Å². The van der Waals surface area contributed by atoms with Gasteiger partial charge >= 0.3 is 0 Å². The summed E-state index contributed by atoms with van der Waals surface area (Å²) in [5.74, 6) is -0.251. The second kappa shape index (κ2) is 34.0. The van der Waals surface area contributed by atoms with Gasteiger partial charge in [0.05, 0.1) is 32.0 Å². The van der Waals surface area contributed by atoms with E-state index in [1.54, 1.807) is 6.08 Å². The molecular formula is C46H85NO13. The van der Waals surface area contributed by atoms with Crippen molar-refractivity contribution < 1.29 is 64.6 Å². The van der Waals surface area contributed by atoms with Crippen molar-refractivity contribution in [2.45, 2.75) is 242 Å². The summed E-state index contributed by atoms with van der Waals surface area (Å²) < 4.78 is 22.6. The van der Waals surface area contributed by atoms with E-state index >= 15 is 0 Å². The molecule has 352 valence electrons. The summed E-state index contributed by atoms with van der Waals surface area (Å²) in [6.07, 6.45) is 18.1. The van der Waals surface area contributed by atoms with Gasteiger partial charge in [-0.3, -0.25) is 4.79 Å². The summed E-state index contributed by atoms with van der Waals surface area (Å²) in [5, 5.41) is 86.4. The molecule has 0 aromatic heterocycles. The Kier molecular flexibility index (Phi) is 30.9. The molecule has 0 aromatic rings. The number of amides is 1. The van der Waals surface area contributed by atoms with E-state index in [0.29, 0.717) is 12.8 Å². The highest BCUT2D eigenvalue weighted by Crippen LogP contribution is 2.30. The third-order valence-electron chi connectivity index (χ3n) is 11.6. The van der Waals surface area contributed by atoms with Gasteiger partial charge in [0.15, 0.2) is 12.6 Å². The van der Waals surface area contributed by atoms with Crippen LogP contribution in [0.15, 0.2) is 24.3 Å². The lowest BCUT2D eigenvalue weighted by molar-refractivity contribution is -0.359. The number of unbranched alkanes of at least 4 members (excludes halogenated alkanes) is 20. The number of aliphatic hydroxyl groups excluding tert-OH is 8. The maximum Gasteiger partial charge on any atom is 0.220 e. The standard InChI is InChI=1S/C46H85NO13/c1-3-5-7-9-11-13-15-16-17-18-19-20-22-24-26-28-30-38(51)47-34(35(50)29-27-25-23-21-14-12-10-8-6-4-2)33-57-45-43(56)41(54)44(37(32-49)59-45)60-46-42(55)40(53)39(52)36(31-48)58-46/h14,21,27,29,34-37,39-46,48-50,52-56H,3-13,15-20,22-26,28,30-33H2,1-2H3,(H,47,51)/b21-14+,29-27+. The van der Waals surface area contributed by atoms with Gasteiger partial charge in [0.25, 0.3) is 0 Å². The number of allylic oxidation sites excluding steroid dienone is 3. The quantitative estimate of drug-likeness (QED) is 0.0303. The average molecular weight is 860 g/mol. The summed E-state index contributed by atoms with van der Waals surface area (Å²) in [5.41, 5.74) is 0. The first-order valence-corrected chi connectivity index (χ1v) is 23.6. The number of carbonyl (C=O) groups is 1. The zero-order valence-corrected chi connectivity index (χ0v) is 36.9. The van der Waals surface area contributed by atoms with E-state index in [4.69, 9.17) is 18.9 Å². The van der Waals surface area contributed by atoms with Gasteiger partial charge in [-0.05, 0) is 32.1 Å². The van der Waals surface area contributed by atoms with Gasteiger partial charge < -0.3 is 65.1 Å².